The quantitative estimate of drug-likeness (QED) is 0.123. The van der Waals surface area contributed by atoms with Crippen LogP contribution in [0.3, 0.4) is 0 Å². The summed E-state index contributed by atoms with van der Waals surface area (Å²) in [6, 6.07) is 56.4. The molecule has 1 aliphatic carbocycles. The molecule has 0 saturated heterocycles. The first-order valence-electron chi connectivity index (χ1n) is 39.4. The second-order valence-electron chi connectivity index (χ2n) is 30.7. The number of imidazole rings is 4. The van der Waals surface area contributed by atoms with Gasteiger partial charge >= 0.3 is 0 Å². The number of hydrogen-bond donors (Lipinski definition) is 3. The average Bonchev–Trinajstić information content (AvgIpc) is 1.73. The third-order valence-corrected chi connectivity index (χ3v) is 19.5. The maximum atomic E-state index is 11.4. The molecule has 0 bridgehead atoms. The highest BCUT2D eigenvalue weighted by atomic mass is 16.1. The first-order chi connectivity index (χ1) is 54.4. The average molecular weight is 1510 g/mol. The summed E-state index contributed by atoms with van der Waals surface area (Å²) in [5.74, 6) is 2.62. The zero-order valence-electron chi connectivity index (χ0n) is 69.0. The number of hydrogen-bond acceptors (Lipinski definition) is 12. The maximum absolute atomic E-state index is 11.4. The van der Waals surface area contributed by atoms with Crippen molar-refractivity contribution < 1.29 is 0 Å². The highest BCUT2D eigenvalue weighted by Gasteiger charge is 2.18. The first kappa shape index (κ1) is 83.2. The molecule has 2 aliphatic rings. The number of fused-ring (bicyclic) bond motifs is 9. The van der Waals surface area contributed by atoms with Gasteiger partial charge in [-0.3, -0.25) is 14.8 Å². The van der Waals surface area contributed by atoms with E-state index in [-0.39, 0.29) is 5.56 Å². The van der Waals surface area contributed by atoms with Gasteiger partial charge in [-0.15, -0.1) is 0 Å². The van der Waals surface area contributed by atoms with E-state index in [1.165, 1.54) is 66.5 Å². The number of H-pyrrole nitrogens is 2. The number of benzene rings is 5. The minimum atomic E-state index is -0.0209. The summed E-state index contributed by atoms with van der Waals surface area (Å²) in [5, 5.41) is 15.0. The Kier molecular flexibility index (Phi) is 29.1. The number of aromatic amines is 2. The molecule has 3 N–H and O–H groups in total. The van der Waals surface area contributed by atoms with Crippen LogP contribution in [0.1, 0.15) is 217 Å². The van der Waals surface area contributed by atoms with E-state index < -0.39 is 0 Å². The van der Waals surface area contributed by atoms with Gasteiger partial charge in [0, 0.05) is 112 Å². The molecule has 0 unspecified atom stereocenters. The van der Waals surface area contributed by atoms with Gasteiger partial charge in [-0.1, -0.05) is 179 Å². The van der Waals surface area contributed by atoms with Gasteiger partial charge in [0.1, 0.15) is 5.52 Å². The van der Waals surface area contributed by atoms with Crippen LogP contribution in [0.25, 0.3) is 94.4 Å². The Bertz CT molecular complexity index is 5410. The molecule has 1 aliphatic heterocycles. The molecule has 5 aromatic carbocycles. The summed E-state index contributed by atoms with van der Waals surface area (Å²) in [7, 11) is 0. The summed E-state index contributed by atoms with van der Waals surface area (Å²) in [6.45, 7) is 42.9. The van der Waals surface area contributed by atoms with Gasteiger partial charge in [0.25, 0.3) is 0 Å². The highest BCUT2D eigenvalue weighted by molar-refractivity contribution is 5.86. The molecule has 113 heavy (non-hydrogen) atoms. The van der Waals surface area contributed by atoms with E-state index in [4.69, 9.17) is 0 Å². The predicted octanol–water partition coefficient (Wildman–Crippen LogP) is 23.4. The van der Waals surface area contributed by atoms with Crippen molar-refractivity contribution in [2.75, 3.05) is 0 Å². The second kappa shape index (κ2) is 39.5. The lowest BCUT2D eigenvalue weighted by molar-refractivity contribution is 0.613. The number of rotatable bonds is 9. The fourth-order valence-corrected chi connectivity index (χ4v) is 13.4. The van der Waals surface area contributed by atoms with Crippen molar-refractivity contribution in [3.8, 4) is 0 Å². The predicted molar refractivity (Wildman–Crippen MR) is 471 cm³/mol. The number of allylic oxidation sites excluding steroid dienone is 2. The van der Waals surface area contributed by atoms with Crippen molar-refractivity contribution >= 4 is 94.4 Å². The fraction of sp³-hybridized carbons (Fsp3) is 0.295. The summed E-state index contributed by atoms with van der Waals surface area (Å²) in [4.78, 5) is 51.3. The number of nitrogens with one attached hydrogen (secondary N) is 3. The molecule has 0 radical (unpaired) electrons. The summed E-state index contributed by atoms with van der Waals surface area (Å²) >= 11 is 0. The standard InChI is InChI=1S/C13H15N.C12H13NO.C11H12N2.2C11H13N.C10H12N2.3C9H11N3/c1-9(2)13-8-14-10(3)11-6-4-5-7-12(11)13;1-8(2)10-7-12(14)13-11-6-4-3-5-9(10)11;1-8(2)10-7-12-13-11-6-4-3-5-9(10)11;1-8(2)9-6-7-12-11-5-3-4-10(9)11;1-8(2)10-7-12-11-6-4-3-5-9(10)11;1-8(2)12-7-11-9-5-3-4-6-10(9)12;1-7(2)12-6-11-8-3-4-10-5-9(8)12;1-7(2)12-6-11-9-8(12)4-3-5-10-9;1-7(2)12-6-11-8-4-3-5-10-9(8)12/h4-9,14H,3H2,1-2H3;3-8H,1-2H3,(H,13,14);3-8H,1-2H3;3-4,6-8H,5H2,1-2H3;3-8,12H,1-2H3;3-8H,1-2H3;3*3-7H,1-2H3. The van der Waals surface area contributed by atoms with E-state index in [1.807, 2.05) is 135 Å². The van der Waals surface area contributed by atoms with E-state index in [1.54, 1.807) is 24.7 Å². The minimum Gasteiger partial charge on any atom is -0.361 e. The summed E-state index contributed by atoms with van der Waals surface area (Å²) < 4.78 is 8.47. The molecule has 582 valence electrons. The molecule has 0 fully saturated rings. The van der Waals surface area contributed by atoms with E-state index >= 15 is 0 Å². The van der Waals surface area contributed by atoms with Crippen LogP contribution in [0.4, 0.5) is 0 Å². The van der Waals surface area contributed by atoms with Crippen LogP contribution < -0.4 is 10.9 Å². The van der Waals surface area contributed by atoms with Gasteiger partial charge < -0.3 is 33.6 Å². The SMILES string of the molecule is C=C1NC=C(C(C)C)c2ccccc21.CC(C)c1c[nH]c2ccccc12.CC(C)c1cc(=O)[nH]c2ccccc12.CC(C)c1ccnc2c1C=CC2.CC(C)c1cnnc2ccccc12.CC(C)n1cnc2ccccc21.CC(C)n1cnc2cccnc21.CC(C)n1cnc2ccncc21.CC(C)n1cnc2ncccc21. The van der Waals surface area contributed by atoms with E-state index in [0.29, 0.717) is 53.8 Å². The molecule has 18 rings (SSSR count). The molecule has 16 aromatic rings. The van der Waals surface area contributed by atoms with E-state index in [2.05, 4.69) is 306 Å². The second-order valence-corrected chi connectivity index (χ2v) is 30.7. The molecule has 0 saturated carbocycles. The number of aromatic nitrogens is 16. The van der Waals surface area contributed by atoms with Crippen LogP contribution in [-0.4, -0.2) is 78.3 Å². The van der Waals surface area contributed by atoms with Crippen LogP contribution in [-0.2, 0) is 6.42 Å². The zero-order chi connectivity index (χ0) is 80.8. The molecular formula is C95H111N17O. The maximum Gasteiger partial charge on any atom is 0.248 e. The molecule has 18 heteroatoms. The summed E-state index contributed by atoms with van der Waals surface area (Å²) in [5.41, 5.74) is 24.1. The van der Waals surface area contributed by atoms with Crippen LogP contribution in [0, 0.1) is 5.92 Å². The van der Waals surface area contributed by atoms with Crippen molar-refractivity contribution in [2.45, 2.75) is 179 Å². The Morgan fingerprint density at radius 2 is 0.947 bits per heavy atom. The molecular weight excluding hydrogens is 1400 g/mol. The van der Waals surface area contributed by atoms with Crippen LogP contribution in [0.2, 0.25) is 0 Å². The topological polar surface area (TPSA) is 209 Å². The lowest BCUT2D eigenvalue weighted by atomic mass is 9.89. The highest BCUT2D eigenvalue weighted by Crippen LogP contribution is 2.33. The summed E-state index contributed by atoms with van der Waals surface area (Å²) in [6.07, 6.45) is 27.9. The lowest BCUT2D eigenvalue weighted by Crippen LogP contribution is -2.13. The number of para-hydroxylation sites is 4. The Morgan fingerprint density at radius 3 is 1.62 bits per heavy atom. The smallest absolute Gasteiger partial charge is 0.248 e. The number of pyridine rings is 5. The fourth-order valence-electron chi connectivity index (χ4n) is 13.4. The zero-order valence-corrected chi connectivity index (χ0v) is 69.0. The van der Waals surface area contributed by atoms with Gasteiger partial charge in [0.05, 0.1) is 76.5 Å². The molecule has 0 amide bonds. The van der Waals surface area contributed by atoms with Crippen molar-refractivity contribution in [3.63, 3.8) is 0 Å². The normalized spacial score (nSPS) is 11.9. The van der Waals surface area contributed by atoms with Crippen molar-refractivity contribution in [2.24, 2.45) is 5.92 Å². The Hall–Kier alpha value is -12.3. The van der Waals surface area contributed by atoms with Gasteiger partial charge in [-0.05, 0) is 191 Å². The Balaban J connectivity index is 0.000000135. The third-order valence-electron chi connectivity index (χ3n) is 19.5. The molecule has 0 atom stereocenters. The third kappa shape index (κ3) is 21.2. The van der Waals surface area contributed by atoms with Crippen LogP contribution >= 0.6 is 0 Å². The van der Waals surface area contributed by atoms with E-state index in [0.717, 1.165) is 73.0 Å². The Morgan fingerprint density at radius 1 is 0.416 bits per heavy atom. The van der Waals surface area contributed by atoms with Crippen LogP contribution in [0.15, 0.2) is 256 Å². The minimum absolute atomic E-state index is 0.0209. The van der Waals surface area contributed by atoms with Crippen LogP contribution in [0.5, 0.6) is 0 Å². The van der Waals surface area contributed by atoms with Crippen molar-refractivity contribution in [1.82, 2.24) is 83.6 Å². The van der Waals surface area contributed by atoms with Gasteiger partial charge in [-0.25, -0.2) is 29.9 Å². The first-order valence-corrected chi connectivity index (χ1v) is 39.4. The molecule has 0 spiro atoms. The Labute approximate surface area is 665 Å². The molecule has 12 heterocycles. The largest absolute Gasteiger partial charge is 0.361 e. The lowest BCUT2D eigenvalue weighted by Gasteiger charge is -2.22. The number of nitrogens with zero attached hydrogens (tertiary/aromatic N) is 14. The van der Waals surface area contributed by atoms with E-state index in [9.17, 15) is 4.79 Å². The monoisotopic (exact) mass is 1510 g/mol. The van der Waals surface area contributed by atoms with Crippen molar-refractivity contribution in [1.29, 1.82) is 0 Å². The molecule has 11 aromatic heterocycles. The molecule has 18 nitrogen and oxygen atoms in total. The van der Waals surface area contributed by atoms with Gasteiger partial charge in [0.15, 0.2) is 11.3 Å². The van der Waals surface area contributed by atoms with Gasteiger partial charge in [0.2, 0.25) is 5.56 Å². The van der Waals surface area contributed by atoms with Gasteiger partial charge in [-0.2, -0.15) is 10.2 Å². The van der Waals surface area contributed by atoms with Crippen molar-refractivity contribution in [3.05, 3.63) is 306 Å².